The molecule has 1 aromatic carbocycles. The summed E-state index contributed by atoms with van der Waals surface area (Å²) in [5.41, 5.74) is 7.65. The van der Waals surface area contributed by atoms with Crippen LogP contribution in [0.1, 0.15) is 14.5 Å². The van der Waals surface area contributed by atoms with E-state index in [0.717, 1.165) is 16.0 Å². The van der Waals surface area contributed by atoms with Gasteiger partial charge in [0.05, 0.1) is 5.69 Å². The molecule has 0 aliphatic carbocycles. The Bertz CT molecular complexity index is 592. The SMILES string of the molecule is Cc1sc(C(=O)O)c(N)c1-c1ccccc1Cl. The smallest absolute Gasteiger partial charge is 0.348 e. The molecule has 1 aromatic heterocycles. The molecule has 88 valence electrons. The van der Waals surface area contributed by atoms with Crippen LogP contribution in [0.15, 0.2) is 24.3 Å². The van der Waals surface area contributed by atoms with Gasteiger partial charge in [0.2, 0.25) is 0 Å². The van der Waals surface area contributed by atoms with E-state index in [4.69, 9.17) is 22.4 Å². The van der Waals surface area contributed by atoms with Crippen LogP contribution < -0.4 is 5.73 Å². The molecule has 5 heteroatoms. The molecule has 0 unspecified atom stereocenters. The third-order valence-electron chi connectivity index (χ3n) is 2.46. The van der Waals surface area contributed by atoms with Crippen LogP contribution in [-0.2, 0) is 0 Å². The minimum atomic E-state index is -1.01. The minimum absolute atomic E-state index is 0.164. The number of hydrogen-bond acceptors (Lipinski definition) is 3. The molecular weight excluding hydrogens is 258 g/mol. The van der Waals surface area contributed by atoms with Gasteiger partial charge in [-0.1, -0.05) is 29.8 Å². The third kappa shape index (κ3) is 2.01. The minimum Gasteiger partial charge on any atom is -0.477 e. The fraction of sp³-hybridized carbons (Fsp3) is 0.0833. The van der Waals surface area contributed by atoms with Gasteiger partial charge in [0.15, 0.2) is 0 Å². The zero-order chi connectivity index (χ0) is 12.6. The van der Waals surface area contributed by atoms with Crippen LogP contribution in [-0.4, -0.2) is 11.1 Å². The highest BCUT2D eigenvalue weighted by molar-refractivity contribution is 7.15. The van der Waals surface area contributed by atoms with Crippen LogP contribution in [0.4, 0.5) is 5.69 Å². The van der Waals surface area contributed by atoms with Crippen LogP contribution in [0, 0.1) is 6.92 Å². The van der Waals surface area contributed by atoms with E-state index in [1.807, 2.05) is 25.1 Å². The van der Waals surface area contributed by atoms with Crippen LogP contribution >= 0.6 is 22.9 Å². The van der Waals surface area contributed by atoms with Crippen LogP contribution in [0.25, 0.3) is 11.1 Å². The maximum Gasteiger partial charge on any atom is 0.348 e. The molecule has 0 bridgehead atoms. The first-order valence-electron chi connectivity index (χ1n) is 4.89. The number of nitrogens with two attached hydrogens (primary N) is 1. The highest BCUT2D eigenvalue weighted by Gasteiger charge is 2.20. The maximum atomic E-state index is 11.0. The summed E-state index contributed by atoms with van der Waals surface area (Å²) >= 11 is 7.26. The van der Waals surface area contributed by atoms with Crippen molar-refractivity contribution in [3.63, 3.8) is 0 Å². The number of halogens is 1. The third-order valence-corrected chi connectivity index (χ3v) is 3.90. The fourth-order valence-corrected chi connectivity index (χ4v) is 2.88. The summed E-state index contributed by atoms with van der Waals surface area (Å²) in [5.74, 6) is -1.01. The number of carbonyl (C=O) groups is 1. The second-order valence-electron chi connectivity index (χ2n) is 3.56. The number of hydrogen-bond donors (Lipinski definition) is 2. The molecule has 0 spiro atoms. The van der Waals surface area contributed by atoms with Crippen molar-refractivity contribution in [3.05, 3.63) is 39.0 Å². The largest absolute Gasteiger partial charge is 0.477 e. The summed E-state index contributed by atoms with van der Waals surface area (Å²) in [6.07, 6.45) is 0. The first kappa shape index (κ1) is 12.0. The maximum absolute atomic E-state index is 11.0. The second-order valence-corrected chi connectivity index (χ2v) is 5.19. The summed E-state index contributed by atoms with van der Waals surface area (Å²) < 4.78 is 0. The Hall–Kier alpha value is -1.52. The highest BCUT2D eigenvalue weighted by atomic mass is 35.5. The molecule has 3 nitrogen and oxygen atoms in total. The van der Waals surface area contributed by atoms with E-state index < -0.39 is 5.97 Å². The summed E-state index contributed by atoms with van der Waals surface area (Å²) in [4.78, 5) is 12.0. The highest BCUT2D eigenvalue weighted by Crippen LogP contribution is 2.41. The predicted molar refractivity (Wildman–Crippen MR) is 70.9 cm³/mol. The van der Waals surface area contributed by atoms with E-state index in [9.17, 15) is 4.79 Å². The van der Waals surface area contributed by atoms with E-state index in [-0.39, 0.29) is 10.6 Å². The molecule has 0 saturated carbocycles. The molecular formula is C12H10ClNO2S. The van der Waals surface area contributed by atoms with E-state index in [0.29, 0.717) is 5.02 Å². The van der Waals surface area contributed by atoms with Crippen LogP contribution in [0.2, 0.25) is 5.02 Å². The van der Waals surface area contributed by atoms with E-state index in [2.05, 4.69) is 0 Å². The van der Waals surface area contributed by atoms with Gasteiger partial charge >= 0.3 is 5.97 Å². The van der Waals surface area contributed by atoms with E-state index in [1.165, 1.54) is 11.3 Å². The quantitative estimate of drug-likeness (QED) is 0.873. The van der Waals surface area contributed by atoms with Crippen molar-refractivity contribution in [1.82, 2.24) is 0 Å². The Balaban J connectivity index is 2.69. The molecule has 0 aliphatic heterocycles. The number of thiophene rings is 1. The summed E-state index contributed by atoms with van der Waals surface area (Å²) in [6.45, 7) is 1.84. The van der Waals surface area contributed by atoms with Gasteiger partial charge in [-0.3, -0.25) is 0 Å². The molecule has 0 radical (unpaired) electrons. The van der Waals surface area contributed by atoms with E-state index in [1.54, 1.807) is 6.07 Å². The number of aryl methyl sites for hydroxylation is 1. The lowest BCUT2D eigenvalue weighted by molar-refractivity contribution is 0.0703. The van der Waals surface area contributed by atoms with Crippen molar-refractivity contribution in [1.29, 1.82) is 0 Å². The van der Waals surface area contributed by atoms with Crippen molar-refractivity contribution < 1.29 is 9.90 Å². The molecule has 0 atom stereocenters. The average Bonchev–Trinajstić information content (AvgIpc) is 2.56. The molecule has 1 heterocycles. The van der Waals surface area contributed by atoms with Crippen molar-refractivity contribution in [2.24, 2.45) is 0 Å². The second kappa shape index (κ2) is 4.39. The average molecular weight is 268 g/mol. The number of anilines is 1. The molecule has 2 aromatic rings. The molecule has 3 N–H and O–H groups in total. The van der Waals surface area contributed by atoms with Gasteiger partial charge < -0.3 is 10.8 Å². The Morgan fingerprint density at radius 1 is 1.41 bits per heavy atom. The van der Waals surface area contributed by atoms with Crippen molar-refractivity contribution in [2.45, 2.75) is 6.92 Å². The normalized spacial score (nSPS) is 10.5. The molecule has 0 aliphatic rings. The summed E-state index contributed by atoms with van der Waals surface area (Å²) in [7, 11) is 0. The first-order chi connectivity index (χ1) is 8.02. The molecule has 0 amide bonds. The van der Waals surface area contributed by atoms with Gasteiger partial charge in [-0.2, -0.15) is 0 Å². The topological polar surface area (TPSA) is 63.3 Å². The zero-order valence-corrected chi connectivity index (χ0v) is 10.6. The Morgan fingerprint density at radius 3 is 2.59 bits per heavy atom. The van der Waals surface area contributed by atoms with Crippen molar-refractivity contribution >= 4 is 34.6 Å². The summed E-state index contributed by atoms with van der Waals surface area (Å²) in [6, 6.07) is 7.26. The van der Waals surface area contributed by atoms with Crippen molar-refractivity contribution in [2.75, 3.05) is 5.73 Å². The first-order valence-corrected chi connectivity index (χ1v) is 6.09. The molecule has 2 rings (SSSR count). The molecule has 0 saturated heterocycles. The van der Waals surface area contributed by atoms with Gasteiger partial charge in [-0.15, -0.1) is 11.3 Å². The number of carboxylic acids is 1. The lowest BCUT2D eigenvalue weighted by atomic mass is 10.0. The number of benzene rings is 1. The fourth-order valence-electron chi connectivity index (χ4n) is 1.72. The summed E-state index contributed by atoms with van der Waals surface area (Å²) in [5, 5.41) is 9.58. The predicted octanol–water partition coefficient (Wildman–Crippen LogP) is 3.66. The molecule has 0 fully saturated rings. The van der Waals surface area contributed by atoms with E-state index >= 15 is 0 Å². The Kier molecular flexibility index (Phi) is 3.09. The Morgan fingerprint density at radius 2 is 2.06 bits per heavy atom. The number of nitrogen functional groups attached to an aromatic ring is 1. The molecule has 17 heavy (non-hydrogen) atoms. The van der Waals surface area contributed by atoms with Gasteiger partial charge in [0.25, 0.3) is 0 Å². The number of rotatable bonds is 2. The number of carboxylic acid groups (broad SMARTS) is 1. The monoisotopic (exact) mass is 267 g/mol. The lowest BCUT2D eigenvalue weighted by Crippen LogP contribution is -1.98. The standard InChI is InChI=1S/C12H10ClNO2S/c1-6-9(7-4-2-3-5-8(7)13)10(14)11(17-6)12(15)16/h2-5H,14H2,1H3,(H,15,16). The van der Waals surface area contributed by atoms with Crippen molar-refractivity contribution in [3.8, 4) is 11.1 Å². The lowest BCUT2D eigenvalue weighted by Gasteiger charge is -2.05. The van der Waals surface area contributed by atoms with Gasteiger partial charge in [0, 0.05) is 21.0 Å². The van der Waals surface area contributed by atoms with Crippen LogP contribution in [0.3, 0.4) is 0 Å². The van der Waals surface area contributed by atoms with Crippen LogP contribution in [0.5, 0.6) is 0 Å². The van der Waals surface area contributed by atoms with Gasteiger partial charge in [-0.25, -0.2) is 4.79 Å². The zero-order valence-electron chi connectivity index (χ0n) is 9.03. The number of aromatic carboxylic acids is 1. The van der Waals surface area contributed by atoms with Gasteiger partial charge in [-0.05, 0) is 13.0 Å². The van der Waals surface area contributed by atoms with Gasteiger partial charge in [0.1, 0.15) is 4.88 Å². The Labute approximate surface area is 107 Å².